The van der Waals surface area contributed by atoms with Crippen LogP contribution in [0.2, 0.25) is 0 Å². The van der Waals surface area contributed by atoms with Crippen molar-refractivity contribution in [2.24, 2.45) is 0 Å². The molecule has 27 heavy (non-hydrogen) atoms. The summed E-state index contributed by atoms with van der Waals surface area (Å²) in [5, 5.41) is 5.97. The Morgan fingerprint density at radius 2 is 2.00 bits per heavy atom. The van der Waals surface area contributed by atoms with E-state index >= 15 is 0 Å². The quantitative estimate of drug-likeness (QED) is 0.612. The average molecular weight is 381 g/mol. The number of halogens is 1. The third-order valence-electron chi connectivity index (χ3n) is 4.86. The van der Waals surface area contributed by atoms with Gasteiger partial charge in [0, 0.05) is 45.9 Å². The molecule has 2 amide bonds. The molecule has 7 heteroatoms. The molecule has 1 aliphatic rings. The number of likely N-dealkylation sites (tertiary alicyclic amines) is 1. The van der Waals surface area contributed by atoms with Gasteiger partial charge in [-0.1, -0.05) is 6.07 Å². The molecule has 0 radical (unpaired) electrons. The van der Waals surface area contributed by atoms with Gasteiger partial charge in [-0.15, -0.1) is 0 Å². The summed E-state index contributed by atoms with van der Waals surface area (Å²) in [6.45, 7) is 3.94. The fourth-order valence-corrected chi connectivity index (χ4v) is 3.29. The molecule has 1 saturated heterocycles. The SMILES string of the molecule is COCCCCCNC(=O)NC1CCN(Cc2ccc(OC)c(F)c2)CC1. The summed E-state index contributed by atoms with van der Waals surface area (Å²) < 4.78 is 23.8. The number of rotatable bonds is 10. The summed E-state index contributed by atoms with van der Waals surface area (Å²) in [7, 11) is 3.17. The smallest absolute Gasteiger partial charge is 0.315 e. The molecule has 0 aliphatic carbocycles. The zero-order chi connectivity index (χ0) is 19.5. The van der Waals surface area contributed by atoms with Gasteiger partial charge >= 0.3 is 6.03 Å². The Bertz CT molecular complexity index is 578. The van der Waals surface area contributed by atoms with Crippen LogP contribution in [0.1, 0.15) is 37.7 Å². The van der Waals surface area contributed by atoms with Gasteiger partial charge in [-0.3, -0.25) is 4.90 Å². The number of unbranched alkanes of at least 4 members (excludes halogenated alkanes) is 2. The number of ether oxygens (including phenoxy) is 2. The number of hydrogen-bond acceptors (Lipinski definition) is 4. The highest BCUT2D eigenvalue weighted by molar-refractivity contribution is 5.74. The monoisotopic (exact) mass is 381 g/mol. The van der Waals surface area contributed by atoms with Gasteiger partial charge in [0.1, 0.15) is 0 Å². The van der Waals surface area contributed by atoms with E-state index in [0.717, 1.165) is 57.4 Å². The van der Waals surface area contributed by atoms with Crippen LogP contribution in [-0.2, 0) is 11.3 Å². The predicted octanol–water partition coefficient (Wildman–Crippen LogP) is 2.91. The van der Waals surface area contributed by atoms with Crippen LogP contribution in [0.4, 0.5) is 9.18 Å². The molecule has 152 valence electrons. The molecule has 0 unspecified atom stereocenters. The van der Waals surface area contributed by atoms with Crippen molar-refractivity contribution in [3.05, 3.63) is 29.6 Å². The number of nitrogens with one attached hydrogen (secondary N) is 2. The maximum absolute atomic E-state index is 13.8. The zero-order valence-corrected chi connectivity index (χ0v) is 16.4. The average Bonchev–Trinajstić information content (AvgIpc) is 2.66. The van der Waals surface area contributed by atoms with Crippen LogP contribution in [-0.4, -0.2) is 57.4 Å². The number of urea groups is 1. The third-order valence-corrected chi connectivity index (χ3v) is 4.86. The summed E-state index contributed by atoms with van der Waals surface area (Å²) in [5.74, 6) is -0.0585. The van der Waals surface area contributed by atoms with Crippen molar-refractivity contribution in [3.8, 4) is 5.75 Å². The lowest BCUT2D eigenvalue weighted by Gasteiger charge is -2.32. The van der Waals surface area contributed by atoms with Gasteiger partial charge in [-0.2, -0.15) is 0 Å². The lowest BCUT2D eigenvalue weighted by molar-refractivity contribution is 0.186. The van der Waals surface area contributed by atoms with E-state index in [0.29, 0.717) is 13.1 Å². The minimum atomic E-state index is -0.328. The molecular formula is C20H32FN3O3. The van der Waals surface area contributed by atoms with Crippen LogP contribution in [0, 0.1) is 5.82 Å². The Labute approximate surface area is 161 Å². The van der Waals surface area contributed by atoms with E-state index in [2.05, 4.69) is 15.5 Å². The van der Waals surface area contributed by atoms with Gasteiger partial charge in [-0.25, -0.2) is 9.18 Å². The van der Waals surface area contributed by atoms with E-state index in [4.69, 9.17) is 9.47 Å². The van der Waals surface area contributed by atoms with E-state index in [-0.39, 0.29) is 23.6 Å². The molecule has 0 atom stereocenters. The van der Waals surface area contributed by atoms with E-state index in [9.17, 15) is 9.18 Å². The second-order valence-electron chi connectivity index (χ2n) is 6.97. The highest BCUT2D eigenvalue weighted by Gasteiger charge is 2.20. The molecule has 0 spiro atoms. The van der Waals surface area contributed by atoms with Gasteiger partial charge in [0.2, 0.25) is 0 Å². The normalized spacial score (nSPS) is 15.5. The lowest BCUT2D eigenvalue weighted by Crippen LogP contribution is -2.47. The Kier molecular flexibility index (Phi) is 9.35. The first kappa shape index (κ1) is 21.4. The Hall–Kier alpha value is -1.86. The first-order valence-corrected chi connectivity index (χ1v) is 9.70. The lowest BCUT2D eigenvalue weighted by atomic mass is 10.0. The van der Waals surface area contributed by atoms with Gasteiger partial charge in [0.15, 0.2) is 11.6 Å². The first-order valence-electron chi connectivity index (χ1n) is 9.70. The number of piperidine rings is 1. The van der Waals surface area contributed by atoms with Crippen LogP contribution >= 0.6 is 0 Å². The van der Waals surface area contributed by atoms with Crippen molar-refractivity contribution >= 4 is 6.03 Å². The number of carbonyl (C=O) groups excluding carboxylic acids is 1. The van der Waals surface area contributed by atoms with E-state index in [1.54, 1.807) is 13.2 Å². The van der Waals surface area contributed by atoms with Crippen LogP contribution in [0.3, 0.4) is 0 Å². The summed E-state index contributed by atoms with van der Waals surface area (Å²) >= 11 is 0. The summed E-state index contributed by atoms with van der Waals surface area (Å²) in [6, 6.07) is 5.20. The second kappa shape index (κ2) is 11.8. The van der Waals surface area contributed by atoms with E-state index in [1.807, 2.05) is 6.07 Å². The highest BCUT2D eigenvalue weighted by atomic mass is 19.1. The van der Waals surface area contributed by atoms with Gasteiger partial charge in [0.05, 0.1) is 7.11 Å². The number of carbonyl (C=O) groups is 1. The molecule has 0 bridgehead atoms. The van der Waals surface area contributed by atoms with Crippen molar-refractivity contribution in [1.29, 1.82) is 0 Å². The molecule has 2 rings (SSSR count). The van der Waals surface area contributed by atoms with Crippen molar-refractivity contribution in [3.63, 3.8) is 0 Å². The molecule has 6 nitrogen and oxygen atoms in total. The number of benzene rings is 1. The zero-order valence-electron chi connectivity index (χ0n) is 16.4. The molecule has 0 aromatic heterocycles. The molecule has 0 saturated carbocycles. The summed E-state index contributed by atoms with van der Waals surface area (Å²) in [5.41, 5.74) is 0.936. The van der Waals surface area contributed by atoms with Gasteiger partial charge in [0.25, 0.3) is 0 Å². The second-order valence-corrected chi connectivity index (χ2v) is 6.97. The Morgan fingerprint density at radius 3 is 2.67 bits per heavy atom. The van der Waals surface area contributed by atoms with Crippen LogP contribution in [0.25, 0.3) is 0 Å². The van der Waals surface area contributed by atoms with Crippen molar-refractivity contribution in [2.45, 2.75) is 44.7 Å². The van der Waals surface area contributed by atoms with Gasteiger partial charge < -0.3 is 20.1 Å². The number of nitrogens with zero attached hydrogens (tertiary/aromatic N) is 1. The molecule has 1 aromatic rings. The van der Waals surface area contributed by atoms with Crippen molar-refractivity contribution in [1.82, 2.24) is 15.5 Å². The van der Waals surface area contributed by atoms with Crippen LogP contribution < -0.4 is 15.4 Å². The Balaban J connectivity index is 1.62. The standard InChI is InChI=1S/C20H32FN3O3/c1-26-13-5-3-4-10-22-20(25)23-17-8-11-24(12-9-17)15-16-6-7-19(27-2)18(21)14-16/h6-7,14,17H,3-5,8-13,15H2,1-2H3,(H2,22,23,25). The fourth-order valence-electron chi connectivity index (χ4n) is 3.29. The maximum Gasteiger partial charge on any atom is 0.315 e. The largest absolute Gasteiger partial charge is 0.494 e. The number of hydrogen-bond donors (Lipinski definition) is 2. The number of amides is 2. The molecule has 1 fully saturated rings. The molecule has 1 aliphatic heterocycles. The first-order chi connectivity index (χ1) is 13.1. The minimum Gasteiger partial charge on any atom is -0.494 e. The molecule has 1 heterocycles. The van der Waals surface area contributed by atoms with Crippen LogP contribution in [0.15, 0.2) is 18.2 Å². The summed E-state index contributed by atoms with van der Waals surface area (Å²) in [6.07, 6.45) is 4.85. The topological polar surface area (TPSA) is 62.8 Å². The fraction of sp³-hybridized carbons (Fsp3) is 0.650. The highest BCUT2D eigenvalue weighted by Crippen LogP contribution is 2.20. The third kappa shape index (κ3) is 7.72. The van der Waals surface area contributed by atoms with Crippen LogP contribution in [0.5, 0.6) is 5.75 Å². The predicted molar refractivity (Wildman–Crippen MR) is 104 cm³/mol. The van der Waals surface area contributed by atoms with Crippen molar-refractivity contribution < 1.29 is 18.7 Å². The number of methoxy groups -OCH3 is 2. The Morgan fingerprint density at radius 1 is 1.22 bits per heavy atom. The molecule has 2 N–H and O–H groups in total. The van der Waals surface area contributed by atoms with E-state index < -0.39 is 0 Å². The van der Waals surface area contributed by atoms with E-state index in [1.165, 1.54) is 13.2 Å². The molecular weight excluding hydrogens is 349 g/mol. The summed E-state index contributed by atoms with van der Waals surface area (Å²) in [4.78, 5) is 14.2. The maximum atomic E-state index is 13.8. The van der Waals surface area contributed by atoms with Gasteiger partial charge in [-0.05, 0) is 49.8 Å². The minimum absolute atomic E-state index is 0.0857. The molecule has 1 aromatic carbocycles. The van der Waals surface area contributed by atoms with Crippen molar-refractivity contribution in [2.75, 3.05) is 40.5 Å².